The Morgan fingerprint density at radius 3 is 2.41 bits per heavy atom. The van der Waals surface area contributed by atoms with Crippen molar-refractivity contribution in [2.45, 2.75) is 20.3 Å². The number of hydrogen-bond acceptors (Lipinski definition) is 4. The van der Waals surface area contributed by atoms with E-state index < -0.39 is 0 Å². The monoisotopic (exact) mass is 445 g/mol. The van der Waals surface area contributed by atoms with Gasteiger partial charge in [-0.05, 0) is 74.0 Å². The van der Waals surface area contributed by atoms with E-state index >= 15 is 0 Å². The summed E-state index contributed by atoms with van der Waals surface area (Å²) in [4.78, 5) is 42.1. The fourth-order valence-electron chi connectivity index (χ4n) is 3.71. The molecule has 1 N–H and O–H groups in total. The van der Waals surface area contributed by atoms with Crippen molar-refractivity contribution in [2.24, 2.45) is 0 Å². The van der Waals surface area contributed by atoms with Gasteiger partial charge < -0.3 is 5.32 Å². The molecule has 0 spiro atoms. The second-order valence-corrected chi connectivity index (χ2v) is 7.90. The number of hydrogen-bond donors (Lipinski definition) is 1. The number of Topliss-reactive ketones (excluding diaryl/α,β-unsaturated/α-hetero) is 1. The van der Waals surface area contributed by atoms with Crippen molar-refractivity contribution in [3.8, 4) is 0 Å². The Bertz CT molecular complexity index is 1340. The summed E-state index contributed by atoms with van der Waals surface area (Å²) in [5.41, 5.74) is 3.53. The number of halogens is 1. The Morgan fingerprint density at radius 1 is 1.03 bits per heavy atom. The first-order chi connectivity index (χ1) is 15.3. The summed E-state index contributed by atoms with van der Waals surface area (Å²) < 4.78 is 1.58. The van der Waals surface area contributed by atoms with Crippen LogP contribution in [0.25, 0.3) is 10.9 Å². The van der Waals surface area contributed by atoms with Crippen LogP contribution in [-0.2, 0) is 11.2 Å². The zero-order chi connectivity index (χ0) is 22.8. The maximum absolute atomic E-state index is 13.3. The van der Waals surface area contributed by atoms with Crippen molar-refractivity contribution in [3.05, 3.63) is 94.4 Å². The minimum Gasteiger partial charge on any atom is -0.324 e. The third-order valence-corrected chi connectivity index (χ3v) is 5.57. The number of rotatable bonds is 5. The lowest BCUT2D eigenvalue weighted by Crippen LogP contribution is -2.16. The topological polar surface area (TPSA) is 81.1 Å². The number of ketones is 1. The number of anilines is 1. The highest BCUT2D eigenvalue weighted by Crippen LogP contribution is 2.29. The van der Waals surface area contributed by atoms with Crippen LogP contribution in [0.3, 0.4) is 0 Å². The molecule has 2 aromatic heterocycles. The van der Waals surface area contributed by atoms with Crippen molar-refractivity contribution in [1.29, 1.82) is 0 Å². The normalized spacial score (nSPS) is 10.8. The number of aromatic nitrogens is 2. The molecule has 160 valence electrons. The van der Waals surface area contributed by atoms with Crippen molar-refractivity contribution in [1.82, 2.24) is 9.55 Å². The quantitative estimate of drug-likeness (QED) is 0.435. The average molecular weight is 446 g/mol. The van der Waals surface area contributed by atoms with Crippen molar-refractivity contribution < 1.29 is 14.4 Å². The van der Waals surface area contributed by atoms with Crippen LogP contribution in [0.4, 0.5) is 5.69 Å². The molecule has 0 aliphatic rings. The van der Waals surface area contributed by atoms with E-state index in [9.17, 15) is 14.4 Å². The second-order valence-electron chi connectivity index (χ2n) is 7.47. The van der Waals surface area contributed by atoms with Crippen LogP contribution in [0.15, 0.2) is 67.0 Å². The maximum Gasteiger partial charge on any atom is 0.262 e. The zero-order valence-electron chi connectivity index (χ0n) is 17.6. The Hall–Kier alpha value is -3.77. The molecule has 0 bridgehead atoms. The van der Waals surface area contributed by atoms with E-state index in [-0.39, 0.29) is 24.0 Å². The van der Waals surface area contributed by atoms with E-state index in [0.717, 1.165) is 0 Å². The molecule has 0 fully saturated rings. The number of benzene rings is 2. The molecule has 0 atom stereocenters. The smallest absolute Gasteiger partial charge is 0.262 e. The lowest BCUT2D eigenvalue weighted by Gasteiger charge is -2.08. The van der Waals surface area contributed by atoms with E-state index in [4.69, 9.17) is 11.6 Å². The van der Waals surface area contributed by atoms with Gasteiger partial charge in [-0.15, -0.1) is 0 Å². The van der Waals surface area contributed by atoms with Gasteiger partial charge in [-0.2, -0.15) is 0 Å². The third kappa shape index (κ3) is 4.18. The van der Waals surface area contributed by atoms with Crippen LogP contribution in [0.5, 0.6) is 0 Å². The molecule has 1 amide bonds. The summed E-state index contributed by atoms with van der Waals surface area (Å²) in [6.45, 7) is 3.28. The summed E-state index contributed by atoms with van der Waals surface area (Å²) in [6, 6.07) is 15.3. The lowest BCUT2D eigenvalue weighted by molar-refractivity contribution is -0.115. The summed E-state index contributed by atoms with van der Waals surface area (Å²) in [6.07, 6.45) is 3.23. The number of pyridine rings is 1. The van der Waals surface area contributed by atoms with Crippen LogP contribution in [0.2, 0.25) is 5.02 Å². The molecular weight excluding hydrogens is 426 g/mol. The summed E-state index contributed by atoms with van der Waals surface area (Å²) in [7, 11) is 0. The first-order valence-electron chi connectivity index (χ1n) is 10.00. The van der Waals surface area contributed by atoms with E-state index in [1.807, 2.05) is 0 Å². The number of nitrogens with one attached hydrogen (secondary N) is 1. The molecule has 0 aliphatic heterocycles. The Labute approximate surface area is 189 Å². The molecule has 4 rings (SSSR count). The Balaban J connectivity index is 1.80. The molecular formula is C25H20ClN3O3. The fourth-order valence-corrected chi connectivity index (χ4v) is 3.84. The maximum atomic E-state index is 13.3. The van der Waals surface area contributed by atoms with E-state index in [2.05, 4.69) is 10.3 Å². The number of fused-ring (bicyclic) bond motifs is 1. The van der Waals surface area contributed by atoms with E-state index in [1.54, 1.807) is 78.5 Å². The Morgan fingerprint density at radius 2 is 1.75 bits per heavy atom. The molecule has 32 heavy (non-hydrogen) atoms. The highest BCUT2D eigenvalue weighted by atomic mass is 35.5. The van der Waals surface area contributed by atoms with E-state index in [1.165, 1.54) is 6.92 Å². The molecule has 0 saturated carbocycles. The molecule has 0 aliphatic carbocycles. The molecule has 0 unspecified atom stereocenters. The van der Waals surface area contributed by atoms with Gasteiger partial charge in [0.05, 0.1) is 23.8 Å². The zero-order valence-corrected chi connectivity index (χ0v) is 18.3. The standard InChI is InChI=1S/C25H20ClN3O3/c1-15-21(13-24(31)28-20-4-3-11-27-14-20)22-12-18(16(2)30)7-10-23(22)29(15)25(32)17-5-8-19(26)9-6-17/h3-12,14H,13H2,1-2H3,(H,28,31). The van der Waals surface area contributed by atoms with Crippen LogP contribution < -0.4 is 5.32 Å². The molecule has 2 heterocycles. The first-order valence-corrected chi connectivity index (χ1v) is 10.4. The molecule has 0 radical (unpaired) electrons. The highest BCUT2D eigenvalue weighted by molar-refractivity contribution is 6.30. The molecule has 4 aromatic rings. The average Bonchev–Trinajstić information content (AvgIpc) is 3.05. The van der Waals surface area contributed by atoms with Crippen molar-refractivity contribution >= 4 is 45.8 Å². The van der Waals surface area contributed by atoms with Gasteiger partial charge in [0.15, 0.2) is 5.78 Å². The van der Waals surface area contributed by atoms with Crippen LogP contribution in [-0.4, -0.2) is 27.1 Å². The minimum absolute atomic E-state index is 0.0412. The molecule has 7 heteroatoms. The third-order valence-electron chi connectivity index (χ3n) is 5.32. The summed E-state index contributed by atoms with van der Waals surface area (Å²) >= 11 is 5.96. The predicted molar refractivity (Wildman–Crippen MR) is 124 cm³/mol. The van der Waals surface area contributed by atoms with Crippen LogP contribution >= 0.6 is 11.6 Å². The SMILES string of the molecule is CC(=O)c1ccc2c(c1)c(CC(=O)Nc1cccnc1)c(C)n2C(=O)c1ccc(Cl)cc1. The number of amides is 1. The first kappa shape index (κ1) is 21.5. The van der Waals surface area contributed by atoms with Crippen LogP contribution in [0, 0.1) is 6.92 Å². The van der Waals surface area contributed by atoms with E-state index in [0.29, 0.717) is 44.0 Å². The molecule has 6 nitrogen and oxygen atoms in total. The van der Waals surface area contributed by atoms with Gasteiger partial charge >= 0.3 is 0 Å². The fraction of sp³-hybridized carbons (Fsp3) is 0.120. The van der Waals surface area contributed by atoms with Gasteiger partial charge in [-0.3, -0.25) is 23.9 Å². The number of nitrogens with zero attached hydrogens (tertiary/aromatic N) is 2. The van der Waals surface area contributed by atoms with Gasteiger partial charge in [0.25, 0.3) is 5.91 Å². The Kier molecular flexibility index (Phi) is 5.88. The molecule has 0 saturated heterocycles. The largest absolute Gasteiger partial charge is 0.324 e. The number of carbonyl (C=O) groups is 3. The lowest BCUT2D eigenvalue weighted by atomic mass is 10.0. The van der Waals surface area contributed by atoms with Gasteiger partial charge in [0.2, 0.25) is 5.91 Å². The molecule has 2 aromatic carbocycles. The second kappa shape index (κ2) is 8.77. The summed E-state index contributed by atoms with van der Waals surface area (Å²) in [5.74, 6) is -0.571. The number of carbonyl (C=O) groups excluding carboxylic acids is 3. The van der Waals surface area contributed by atoms with Crippen molar-refractivity contribution in [3.63, 3.8) is 0 Å². The minimum atomic E-state index is -0.243. The van der Waals surface area contributed by atoms with Gasteiger partial charge in [0.1, 0.15) is 0 Å². The summed E-state index contributed by atoms with van der Waals surface area (Å²) in [5, 5.41) is 4.05. The van der Waals surface area contributed by atoms with Gasteiger partial charge in [0, 0.05) is 33.4 Å². The highest BCUT2D eigenvalue weighted by Gasteiger charge is 2.22. The van der Waals surface area contributed by atoms with Crippen molar-refractivity contribution in [2.75, 3.05) is 5.32 Å². The van der Waals surface area contributed by atoms with Gasteiger partial charge in [-0.25, -0.2) is 0 Å². The van der Waals surface area contributed by atoms with Crippen LogP contribution in [0.1, 0.15) is 38.9 Å². The predicted octanol–water partition coefficient (Wildman–Crippen LogP) is 5.07. The van der Waals surface area contributed by atoms with Gasteiger partial charge in [-0.1, -0.05) is 11.6 Å².